The molecule has 0 aromatic heterocycles. The molecule has 0 amide bonds. The van der Waals surface area contributed by atoms with E-state index in [1.54, 1.807) is 12.1 Å². The number of hydrogen-bond acceptors (Lipinski definition) is 6. The molecule has 8 nitrogen and oxygen atoms in total. The third kappa shape index (κ3) is 6.86. The number of aryl methyl sites for hydroxylation is 1. The predicted molar refractivity (Wildman–Crippen MR) is 89.0 cm³/mol. The summed E-state index contributed by atoms with van der Waals surface area (Å²) in [6.07, 6.45) is 0.649. The summed E-state index contributed by atoms with van der Waals surface area (Å²) in [7, 11) is -3.99. The van der Waals surface area contributed by atoms with Gasteiger partial charge in [-0.2, -0.15) is 8.42 Å². The van der Waals surface area contributed by atoms with Crippen LogP contribution in [0, 0.1) is 6.92 Å². The van der Waals surface area contributed by atoms with Crippen LogP contribution in [0.2, 0.25) is 0 Å². The van der Waals surface area contributed by atoms with Gasteiger partial charge in [-0.05, 0) is 31.0 Å². The summed E-state index contributed by atoms with van der Waals surface area (Å²) in [6, 6.07) is 5.10. The van der Waals surface area contributed by atoms with Gasteiger partial charge in [-0.25, -0.2) is 0 Å². The van der Waals surface area contributed by atoms with Crippen LogP contribution in [0.4, 0.5) is 0 Å². The van der Waals surface area contributed by atoms with E-state index in [-0.39, 0.29) is 11.5 Å². The molecule has 1 N–H and O–H groups in total. The zero-order valence-electron chi connectivity index (χ0n) is 13.8. The van der Waals surface area contributed by atoms with Gasteiger partial charge in [0.25, 0.3) is 10.1 Å². The summed E-state index contributed by atoms with van der Waals surface area (Å²) < 4.78 is 34.4. The minimum atomic E-state index is -3.99. The molecule has 0 saturated carbocycles. The van der Waals surface area contributed by atoms with E-state index in [1.165, 1.54) is 12.1 Å². The Labute approximate surface area is 142 Å². The van der Waals surface area contributed by atoms with Crippen LogP contribution in [0.1, 0.15) is 25.3 Å². The number of hydrogen-bond donors (Lipinski definition) is 1. The summed E-state index contributed by atoms with van der Waals surface area (Å²) >= 11 is 0. The Morgan fingerprint density at radius 3 is 2.54 bits per heavy atom. The quantitative estimate of drug-likeness (QED) is 0.214. The number of nitrogens with zero attached hydrogens (tertiary/aromatic N) is 3. The third-order valence-electron chi connectivity index (χ3n) is 3.28. The molecule has 134 valence electrons. The third-order valence-corrected chi connectivity index (χ3v) is 4.57. The normalized spacial score (nSPS) is 14.0. The van der Waals surface area contributed by atoms with Crippen LogP contribution in [-0.4, -0.2) is 45.5 Å². The highest BCUT2D eigenvalue weighted by Gasteiger charge is 2.23. The fourth-order valence-corrected chi connectivity index (χ4v) is 2.71. The van der Waals surface area contributed by atoms with Gasteiger partial charge in [-0.1, -0.05) is 36.2 Å². The van der Waals surface area contributed by atoms with Gasteiger partial charge in [0, 0.05) is 11.5 Å². The van der Waals surface area contributed by atoms with Gasteiger partial charge < -0.3 is 9.84 Å². The van der Waals surface area contributed by atoms with Crippen LogP contribution >= 0.6 is 0 Å². The van der Waals surface area contributed by atoms with Crippen molar-refractivity contribution in [1.82, 2.24) is 0 Å². The molecule has 9 heteroatoms. The number of azide groups is 1. The maximum atomic E-state index is 12.1. The Hall–Kier alpha value is -1.64. The van der Waals surface area contributed by atoms with Crippen LogP contribution in [0.25, 0.3) is 10.4 Å². The van der Waals surface area contributed by atoms with Crippen molar-refractivity contribution in [3.63, 3.8) is 0 Å². The second-order valence-corrected chi connectivity index (χ2v) is 6.94. The van der Waals surface area contributed by atoms with Gasteiger partial charge in [-0.15, -0.1) is 0 Å². The van der Waals surface area contributed by atoms with E-state index in [9.17, 15) is 13.5 Å². The standard InChI is InChI=1S/C15H23N3O5S/c1-3-4-9-22-11-15(19)14(17-18-16)10-23-24(20,21)13-7-5-12(2)6-8-13/h5-8,14-15,19H,3-4,9-11H2,1-2H3/t14-,15+/m0/s1. The largest absolute Gasteiger partial charge is 0.390 e. The Morgan fingerprint density at radius 2 is 1.96 bits per heavy atom. The van der Waals surface area contributed by atoms with Gasteiger partial charge in [0.1, 0.15) is 0 Å². The van der Waals surface area contributed by atoms with Crippen molar-refractivity contribution < 1.29 is 22.4 Å². The van der Waals surface area contributed by atoms with E-state index < -0.39 is 28.9 Å². The fraction of sp³-hybridized carbons (Fsp3) is 0.600. The first-order chi connectivity index (χ1) is 11.4. The van der Waals surface area contributed by atoms with Crippen LogP contribution in [0.15, 0.2) is 34.3 Å². The zero-order valence-corrected chi connectivity index (χ0v) is 14.6. The molecular formula is C15H23N3O5S. The van der Waals surface area contributed by atoms with Crippen molar-refractivity contribution >= 4 is 10.1 Å². The number of unbranched alkanes of at least 4 members (excludes halogenated alkanes) is 1. The molecule has 0 unspecified atom stereocenters. The number of aliphatic hydroxyl groups excluding tert-OH is 1. The Kier molecular flexibility index (Phi) is 8.73. The Morgan fingerprint density at radius 1 is 1.29 bits per heavy atom. The Balaban J connectivity index is 2.64. The van der Waals surface area contributed by atoms with Crippen LogP contribution in [0.3, 0.4) is 0 Å². The van der Waals surface area contributed by atoms with Crippen molar-refractivity contribution in [3.8, 4) is 0 Å². The number of rotatable bonds is 11. The molecule has 0 heterocycles. The molecule has 0 bridgehead atoms. The average Bonchev–Trinajstić information content (AvgIpc) is 2.55. The second-order valence-electron chi connectivity index (χ2n) is 5.32. The lowest BCUT2D eigenvalue weighted by Crippen LogP contribution is -2.33. The molecule has 24 heavy (non-hydrogen) atoms. The molecule has 0 saturated heterocycles. The summed E-state index contributed by atoms with van der Waals surface area (Å²) in [6.45, 7) is 3.80. The van der Waals surface area contributed by atoms with E-state index >= 15 is 0 Å². The van der Waals surface area contributed by atoms with Crippen molar-refractivity contribution in [2.75, 3.05) is 19.8 Å². The van der Waals surface area contributed by atoms with Gasteiger partial charge >= 0.3 is 0 Å². The monoisotopic (exact) mass is 357 g/mol. The fourth-order valence-electron chi connectivity index (χ4n) is 1.78. The summed E-state index contributed by atoms with van der Waals surface area (Å²) in [5.74, 6) is 0. The molecule has 0 radical (unpaired) electrons. The van der Waals surface area contributed by atoms with E-state index in [1.807, 2.05) is 13.8 Å². The zero-order chi connectivity index (χ0) is 18.0. The lowest BCUT2D eigenvalue weighted by Gasteiger charge is -2.18. The molecule has 0 fully saturated rings. The molecular weight excluding hydrogens is 334 g/mol. The minimum Gasteiger partial charge on any atom is -0.390 e. The lowest BCUT2D eigenvalue weighted by molar-refractivity contribution is 0.0148. The van der Waals surface area contributed by atoms with Crippen molar-refractivity contribution in [1.29, 1.82) is 0 Å². The maximum Gasteiger partial charge on any atom is 0.296 e. The van der Waals surface area contributed by atoms with Gasteiger partial charge in [0.2, 0.25) is 0 Å². The first-order valence-electron chi connectivity index (χ1n) is 7.66. The van der Waals surface area contributed by atoms with E-state index in [0.717, 1.165) is 18.4 Å². The molecule has 0 aliphatic heterocycles. The van der Waals surface area contributed by atoms with E-state index in [0.29, 0.717) is 6.61 Å². The highest BCUT2D eigenvalue weighted by Crippen LogP contribution is 2.15. The predicted octanol–water partition coefficient (Wildman–Crippen LogP) is 2.56. The average molecular weight is 357 g/mol. The summed E-state index contributed by atoms with van der Waals surface area (Å²) in [5, 5.41) is 13.4. The van der Waals surface area contributed by atoms with Crippen molar-refractivity contribution in [3.05, 3.63) is 40.3 Å². The Bertz CT molecular complexity index is 642. The van der Waals surface area contributed by atoms with Crippen molar-refractivity contribution in [2.45, 2.75) is 43.7 Å². The topological polar surface area (TPSA) is 122 Å². The highest BCUT2D eigenvalue weighted by atomic mass is 32.2. The second kappa shape index (κ2) is 10.3. The maximum absolute atomic E-state index is 12.1. The van der Waals surface area contributed by atoms with Crippen LogP contribution < -0.4 is 0 Å². The van der Waals surface area contributed by atoms with E-state index in [2.05, 4.69) is 10.0 Å². The highest BCUT2D eigenvalue weighted by molar-refractivity contribution is 7.86. The van der Waals surface area contributed by atoms with Crippen LogP contribution in [0.5, 0.6) is 0 Å². The lowest BCUT2D eigenvalue weighted by atomic mass is 10.2. The van der Waals surface area contributed by atoms with Gasteiger partial charge in [0.15, 0.2) is 0 Å². The molecule has 2 atom stereocenters. The minimum absolute atomic E-state index is 0.00136. The number of benzene rings is 1. The smallest absolute Gasteiger partial charge is 0.296 e. The molecule has 1 aromatic rings. The van der Waals surface area contributed by atoms with Crippen LogP contribution in [-0.2, 0) is 19.0 Å². The first-order valence-corrected chi connectivity index (χ1v) is 9.07. The SMILES string of the molecule is CCCCOC[C@@H](O)[C@H](COS(=O)(=O)c1ccc(C)cc1)N=[N+]=[N-]. The molecule has 0 aliphatic carbocycles. The molecule has 1 rings (SSSR count). The first kappa shape index (κ1) is 20.4. The molecule has 1 aromatic carbocycles. The van der Waals surface area contributed by atoms with Gasteiger partial charge in [0.05, 0.1) is 30.3 Å². The van der Waals surface area contributed by atoms with Crippen molar-refractivity contribution in [2.24, 2.45) is 5.11 Å². The number of aliphatic hydroxyl groups is 1. The van der Waals surface area contributed by atoms with E-state index in [4.69, 9.17) is 14.5 Å². The summed E-state index contributed by atoms with van der Waals surface area (Å²) in [4.78, 5) is 2.62. The molecule has 0 spiro atoms. The van der Waals surface area contributed by atoms with Gasteiger partial charge in [-0.3, -0.25) is 4.18 Å². The summed E-state index contributed by atoms with van der Waals surface area (Å²) in [5.41, 5.74) is 9.49. The number of ether oxygens (including phenoxy) is 1. The molecule has 0 aliphatic rings.